The van der Waals surface area contributed by atoms with Gasteiger partial charge in [0.25, 0.3) is 0 Å². The van der Waals surface area contributed by atoms with Crippen molar-refractivity contribution < 1.29 is 82.8 Å². The molecule has 9 unspecified atom stereocenters. The third-order valence-electron chi connectivity index (χ3n) is 12.1. The summed E-state index contributed by atoms with van der Waals surface area (Å²) in [6.45, 7) is 25.7. The molecule has 0 aliphatic carbocycles. The van der Waals surface area contributed by atoms with Crippen LogP contribution in [0, 0.1) is 58.6 Å². The SMILES string of the molecule is CCCCCCC(C)P(=O)([O-])OCC(CC)CCCC.CCCCCCC(C)P(=O)([O-])OCC(CC)CCCC.CCCCCCC(C)P(=O)([O-])OCC(CC)CCCC.[Nd+3]. The molecule has 0 fully saturated rings. The molecule has 9 atom stereocenters. The monoisotopic (exact) mass is 1060 g/mol. The van der Waals surface area contributed by atoms with Gasteiger partial charge in [0.05, 0.1) is 19.8 Å². The third-order valence-corrected chi connectivity index (χ3v) is 17.7. The second-order valence-electron chi connectivity index (χ2n) is 17.9. The Kier molecular flexibility index (Phi) is 51.8. The summed E-state index contributed by atoms with van der Waals surface area (Å²) >= 11 is 0. The van der Waals surface area contributed by atoms with Crippen LogP contribution in [0.25, 0.3) is 0 Å². The van der Waals surface area contributed by atoms with Crippen molar-refractivity contribution in [3.63, 3.8) is 0 Å². The van der Waals surface area contributed by atoms with Gasteiger partial charge in [-0.2, -0.15) is 0 Å². The quantitative estimate of drug-likeness (QED) is 0.0433. The van der Waals surface area contributed by atoms with Crippen molar-refractivity contribution in [2.45, 2.75) is 273 Å². The largest absolute Gasteiger partial charge is 3.00 e. The third kappa shape index (κ3) is 40.6. The Bertz CT molecular complexity index is 941. The molecule has 0 aromatic heterocycles. The molecule has 13 heteroatoms. The normalized spacial score (nSPS) is 17.4. The molecule has 0 spiro atoms. The zero-order chi connectivity index (χ0) is 46.3. The van der Waals surface area contributed by atoms with Crippen LogP contribution in [0.15, 0.2) is 0 Å². The first-order chi connectivity index (χ1) is 28.4. The minimum absolute atomic E-state index is 0. The van der Waals surface area contributed by atoms with E-state index in [9.17, 15) is 28.4 Å². The van der Waals surface area contributed by atoms with E-state index in [2.05, 4.69) is 62.3 Å². The van der Waals surface area contributed by atoms with Crippen LogP contribution >= 0.6 is 22.8 Å². The fourth-order valence-electron chi connectivity index (χ4n) is 6.78. The molecule has 9 nitrogen and oxygen atoms in total. The summed E-state index contributed by atoms with van der Waals surface area (Å²) < 4.78 is 52.2. The van der Waals surface area contributed by atoms with Gasteiger partial charge in [-0.05, 0) is 56.3 Å². The van der Waals surface area contributed by atoms with Gasteiger partial charge in [0.15, 0.2) is 0 Å². The van der Waals surface area contributed by atoms with Crippen molar-refractivity contribution in [3.8, 4) is 0 Å². The summed E-state index contributed by atoms with van der Waals surface area (Å²) in [7, 11) is -11.0. The standard InChI is InChI=1S/3C16H35O3P.Nd/c3*1-5-8-10-11-12-15(4)20(17,18)19-14-16(7-3)13-9-6-2;/h3*15-16H,5-14H2,1-4H3,(H,17,18);/q;;;+3/p-3. The molecule has 0 heterocycles. The fourth-order valence-corrected chi connectivity index (χ4v) is 10.3. The van der Waals surface area contributed by atoms with Crippen LogP contribution < -0.4 is 14.7 Å². The van der Waals surface area contributed by atoms with E-state index in [1.807, 2.05) is 0 Å². The van der Waals surface area contributed by atoms with Crippen LogP contribution in [0.1, 0.15) is 256 Å². The molecule has 1 radical (unpaired) electrons. The van der Waals surface area contributed by atoms with Gasteiger partial charge in [0, 0.05) is 17.0 Å². The van der Waals surface area contributed by atoms with Gasteiger partial charge >= 0.3 is 40.8 Å². The molecule has 0 rings (SSSR count). The second-order valence-corrected chi connectivity index (χ2v) is 24.5. The molecule has 0 aromatic rings. The Morgan fingerprint density at radius 3 is 0.738 bits per heavy atom. The first-order valence-corrected chi connectivity index (χ1v) is 30.1. The van der Waals surface area contributed by atoms with Crippen LogP contribution in [-0.4, -0.2) is 36.8 Å². The Morgan fingerprint density at radius 1 is 0.344 bits per heavy atom. The zero-order valence-electron chi connectivity index (χ0n) is 42.2. The van der Waals surface area contributed by atoms with Crippen molar-refractivity contribution >= 4 is 22.8 Å². The zero-order valence-corrected chi connectivity index (χ0v) is 48.1. The van der Waals surface area contributed by atoms with Crippen molar-refractivity contribution in [1.82, 2.24) is 0 Å². The van der Waals surface area contributed by atoms with Gasteiger partial charge < -0.3 is 41.9 Å². The molecule has 0 saturated carbocycles. The molecule has 0 amide bonds. The number of hydrogen-bond acceptors (Lipinski definition) is 9. The van der Waals surface area contributed by atoms with Gasteiger partial charge in [-0.15, -0.1) is 0 Å². The summed E-state index contributed by atoms with van der Waals surface area (Å²) in [6.07, 6.45) is 28.7. The maximum atomic E-state index is 12.1. The van der Waals surface area contributed by atoms with Crippen molar-refractivity contribution in [2.24, 2.45) is 17.8 Å². The average Bonchev–Trinajstić information content (AvgIpc) is 3.23. The summed E-state index contributed by atoms with van der Waals surface area (Å²) in [6, 6.07) is 0. The van der Waals surface area contributed by atoms with E-state index in [-0.39, 0.29) is 57.8 Å². The maximum absolute atomic E-state index is 12.1. The van der Waals surface area contributed by atoms with Gasteiger partial charge in [-0.1, -0.05) is 218 Å². The van der Waals surface area contributed by atoms with Crippen molar-refractivity contribution in [3.05, 3.63) is 0 Å². The molecule has 0 saturated heterocycles. The Balaban J connectivity index is -0.000000396. The Morgan fingerprint density at radius 2 is 0.557 bits per heavy atom. The molecule has 367 valence electrons. The van der Waals surface area contributed by atoms with Crippen LogP contribution in [0.3, 0.4) is 0 Å². The van der Waals surface area contributed by atoms with E-state index in [1.165, 1.54) is 38.5 Å². The molecular weight excluding hydrogens is 958 g/mol. The number of unbranched alkanes of at least 4 members (excludes halogenated alkanes) is 12. The van der Waals surface area contributed by atoms with E-state index in [1.54, 1.807) is 20.8 Å². The van der Waals surface area contributed by atoms with E-state index < -0.39 is 22.8 Å². The van der Waals surface area contributed by atoms with E-state index in [4.69, 9.17) is 13.6 Å². The van der Waals surface area contributed by atoms with Crippen LogP contribution in [0.4, 0.5) is 0 Å². The summed E-state index contributed by atoms with van der Waals surface area (Å²) in [5.74, 6) is 1.14. The topological polar surface area (TPSA) is 148 Å². The van der Waals surface area contributed by atoms with Gasteiger partial charge in [0.2, 0.25) is 0 Å². The Hall–Kier alpha value is 1.80. The smallest absolute Gasteiger partial charge is 0.778 e. The minimum Gasteiger partial charge on any atom is -0.778 e. The first-order valence-electron chi connectivity index (χ1n) is 25.3. The first kappa shape index (κ1) is 69.4. The molecule has 0 aliphatic heterocycles. The minimum atomic E-state index is -3.68. The van der Waals surface area contributed by atoms with E-state index in [0.717, 1.165) is 135 Å². The van der Waals surface area contributed by atoms with Crippen molar-refractivity contribution in [2.75, 3.05) is 19.8 Å². The van der Waals surface area contributed by atoms with Gasteiger partial charge in [0.1, 0.15) is 22.8 Å². The average molecular weight is 1060 g/mol. The predicted molar refractivity (Wildman–Crippen MR) is 255 cm³/mol. The maximum Gasteiger partial charge on any atom is 3.00 e. The molecule has 61 heavy (non-hydrogen) atoms. The molecule has 0 N–H and O–H groups in total. The van der Waals surface area contributed by atoms with Crippen LogP contribution in [0.2, 0.25) is 0 Å². The Labute approximate surface area is 413 Å². The van der Waals surface area contributed by atoms with Crippen LogP contribution in [-0.2, 0) is 27.3 Å². The number of hydrogen-bond donors (Lipinski definition) is 0. The fraction of sp³-hybridized carbons (Fsp3) is 1.00. The van der Waals surface area contributed by atoms with E-state index in [0.29, 0.717) is 37.6 Å². The summed E-state index contributed by atoms with van der Waals surface area (Å²) in [5, 5.41) is 0. The van der Waals surface area contributed by atoms with Gasteiger partial charge in [-0.3, -0.25) is 0 Å². The number of rotatable bonds is 39. The summed E-state index contributed by atoms with van der Waals surface area (Å²) in [4.78, 5) is 36.3. The second kappa shape index (κ2) is 45.6. The van der Waals surface area contributed by atoms with Crippen molar-refractivity contribution in [1.29, 1.82) is 0 Å². The van der Waals surface area contributed by atoms with Crippen LogP contribution in [0.5, 0.6) is 0 Å². The molecule has 0 aromatic carbocycles. The molecular formula is C48H102NdO9P3. The van der Waals surface area contributed by atoms with E-state index >= 15 is 0 Å². The molecule has 0 bridgehead atoms. The molecule has 0 aliphatic rings. The van der Waals surface area contributed by atoms with Gasteiger partial charge in [-0.25, -0.2) is 0 Å². The predicted octanol–water partition coefficient (Wildman–Crippen LogP) is 15.4. The summed E-state index contributed by atoms with van der Waals surface area (Å²) in [5.41, 5.74) is -1.03.